The second-order valence-corrected chi connectivity index (χ2v) is 8.89. The summed E-state index contributed by atoms with van der Waals surface area (Å²) in [5, 5.41) is 1.16. The zero-order valence-electron chi connectivity index (χ0n) is 11.9. The van der Waals surface area contributed by atoms with Gasteiger partial charge in [-0.15, -0.1) is 6.58 Å². The Morgan fingerprint density at radius 2 is 1.74 bits per heavy atom. The van der Waals surface area contributed by atoms with Gasteiger partial charge in [0.2, 0.25) is 0 Å². The third-order valence-electron chi connectivity index (χ3n) is 2.71. The molecule has 4 nitrogen and oxygen atoms in total. The lowest BCUT2D eigenvalue weighted by atomic mass is 10.4. The van der Waals surface area contributed by atoms with Crippen LogP contribution in [0.25, 0.3) is 0 Å². The largest absolute Gasteiger partial charge is 0.413 e. The second-order valence-electron chi connectivity index (χ2n) is 4.07. The van der Waals surface area contributed by atoms with E-state index in [2.05, 4.69) is 6.58 Å². The van der Waals surface area contributed by atoms with Crippen LogP contribution in [-0.2, 0) is 8.85 Å². The van der Waals surface area contributed by atoms with E-state index in [4.69, 9.17) is 18.4 Å². The molecule has 108 valence electrons. The lowest BCUT2D eigenvalue weighted by Gasteiger charge is -2.22. The summed E-state index contributed by atoms with van der Waals surface area (Å²) in [5.41, 5.74) is 0. The maximum absolute atomic E-state index is 8.33. The molecule has 0 spiro atoms. The molecule has 0 unspecified atom stereocenters. The van der Waals surface area contributed by atoms with Crippen molar-refractivity contribution < 1.29 is 18.4 Å². The van der Waals surface area contributed by atoms with Crippen LogP contribution in [0.1, 0.15) is 6.42 Å². The molecule has 0 atom stereocenters. The average Bonchev–Trinajstić information content (AvgIpc) is 2.45. The highest BCUT2D eigenvalue weighted by molar-refractivity contribution is 6.79. The van der Waals surface area contributed by atoms with Gasteiger partial charge in [-0.3, -0.25) is 0 Å². The van der Waals surface area contributed by atoms with Gasteiger partial charge in [-0.1, -0.05) is 36.4 Å². The van der Waals surface area contributed by atoms with E-state index >= 15 is 0 Å². The highest BCUT2D eigenvalue weighted by Crippen LogP contribution is 2.04. The van der Waals surface area contributed by atoms with Crippen molar-refractivity contribution in [2.45, 2.75) is 19.0 Å². The number of hydrogen-bond donors (Lipinski definition) is 2. The highest BCUT2D eigenvalue weighted by Gasteiger charge is 2.30. The molecule has 1 aromatic carbocycles. The summed E-state index contributed by atoms with van der Waals surface area (Å²) >= 11 is 0. The van der Waals surface area contributed by atoms with Gasteiger partial charge in [0.15, 0.2) is 0 Å². The van der Waals surface area contributed by atoms with Crippen molar-refractivity contribution in [3.8, 4) is 0 Å². The van der Waals surface area contributed by atoms with Crippen LogP contribution in [0.15, 0.2) is 43.0 Å². The standard InChI is InChI=1S/C9H14O2Si.C4H10O2Si/c1-10-12(3,11-2)9-7-5-4-6-8-9;1-2-3-4-7(5)6/h4-8H,1-3H3;2,5-7H,1,3-4H2. The molecule has 0 saturated carbocycles. The predicted octanol–water partition coefficient (Wildman–Crippen LogP) is 1.03. The first kappa shape index (κ1) is 18.2. The van der Waals surface area contributed by atoms with Gasteiger partial charge in [0.05, 0.1) is 0 Å². The van der Waals surface area contributed by atoms with Gasteiger partial charge in [-0.2, -0.15) is 0 Å². The maximum atomic E-state index is 8.33. The first-order chi connectivity index (χ1) is 9.00. The quantitative estimate of drug-likeness (QED) is 0.608. The molecule has 19 heavy (non-hydrogen) atoms. The number of allylic oxidation sites excluding steroid dienone is 1. The van der Waals surface area contributed by atoms with Crippen LogP contribution in [0.3, 0.4) is 0 Å². The van der Waals surface area contributed by atoms with Crippen molar-refractivity contribution in [2.24, 2.45) is 0 Å². The molecule has 0 radical (unpaired) electrons. The van der Waals surface area contributed by atoms with Crippen LogP contribution in [0.4, 0.5) is 0 Å². The van der Waals surface area contributed by atoms with E-state index in [1.807, 2.05) is 36.9 Å². The number of benzene rings is 1. The fourth-order valence-electron chi connectivity index (χ4n) is 1.33. The van der Waals surface area contributed by atoms with E-state index in [1.165, 1.54) is 0 Å². The summed E-state index contributed by atoms with van der Waals surface area (Å²) in [5.74, 6) is 0. The molecule has 0 aliphatic heterocycles. The minimum atomic E-state index is -2.26. The van der Waals surface area contributed by atoms with Crippen molar-refractivity contribution in [3.63, 3.8) is 0 Å². The maximum Gasteiger partial charge on any atom is 0.368 e. The average molecular weight is 301 g/mol. The first-order valence-corrected chi connectivity index (χ1v) is 10.3. The summed E-state index contributed by atoms with van der Waals surface area (Å²) < 4.78 is 10.8. The molecular formula is C13H24O4Si2. The smallest absolute Gasteiger partial charge is 0.368 e. The summed E-state index contributed by atoms with van der Waals surface area (Å²) in [4.78, 5) is 16.7. The number of hydrogen-bond acceptors (Lipinski definition) is 4. The Morgan fingerprint density at radius 3 is 2.05 bits per heavy atom. The minimum Gasteiger partial charge on any atom is -0.413 e. The van der Waals surface area contributed by atoms with Crippen LogP contribution >= 0.6 is 0 Å². The van der Waals surface area contributed by atoms with Gasteiger partial charge in [-0.05, 0) is 24.2 Å². The predicted molar refractivity (Wildman–Crippen MR) is 82.9 cm³/mol. The molecule has 0 aliphatic rings. The Labute approximate surface area is 118 Å². The Hall–Kier alpha value is -0.766. The first-order valence-electron chi connectivity index (χ1n) is 6.13. The Kier molecular flexibility index (Phi) is 9.67. The van der Waals surface area contributed by atoms with Crippen molar-refractivity contribution in [3.05, 3.63) is 43.0 Å². The summed E-state index contributed by atoms with van der Waals surface area (Å²) in [6.07, 6.45) is 2.41. The SMILES string of the molecule is C=CCC[SiH](O)O.CO[Si](C)(OC)c1ccccc1. The summed E-state index contributed by atoms with van der Waals surface area (Å²) in [6, 6.07) is 10.6. The molecule has 0 aromatic heterocycles. The molecule has 0 fully saturated rings. The zero-order valence-corrected chi connectivity index (χ0v) is 14.0. The van der Waals surface area contributed by atoms with Crippen LogP contribution in [0, 0.1) is 0 Å². The minimum absolute atomic E-state index is 0.531. The van der Waals surface area contributed by atoms with Gasteiger partial charge in [0.1, 0.15) is 0 Å². The van der Waals surface area contributed by atoms with E-state index < -0.39 is 17.8 Å². The van der Waals surface area contributed by atoms with Crippen LogP contribution in [0.5, 0.6) is 0 Å². The molecule has 2 N–H and O–H groups in total. The Morgan fingerprint density at radius 1 is 1.21 bits per heavy atom. The summed E-state index contributed by atoms with van der Waals surface area (Å²) in [7, 11) is -0.939. The van der Waals surface area contributed by atoms with Crippen LogP contribution < -0.4 is 5.19 Å². The van der Waals surface area contributed by atoms with Crippen molar-refractivity contribution in [2.75, 3.05) is 14.2 Å². The topological polar surface area (TPSA) is 58.9 Å². The molecule has 0 aliphatic carbocycles. The Bertz CT molecular complexity index is 340. The Balaban J connectivity index is 0.000000399. The fourth-order valence-corrected chi connectivity index (χ4v) is 3.30. The van der Waals surface area contributed by atoms with Gasteiger partial charge in [0, 0.05) is 14.2 Å². The van der Waals surface area contributed by atoms with Crippen LogP contribution in [0.2, 0.25) is 12.6 Å². The van der Waals surface area contributed by atoms with E-state index in [9.17, 15) is 0 Å². The van der Waals surface area contributed by atoms with Gasteiger partial charge < -0.3 is 18.4 Å². The van der Waals surface area contributed by atoms with Gasteiger partial charge in [-0.25, -0.2) is 0 Å². The molecule has 0 bridgehead atoms. The van der Waals surface area contributed by atoms with Gasteiger partial charge in [0.25, 0.3) is 0 Å². The molecule has 0 saturated heterocycles. The molecule has 0 heterocycles. The zero-order chi connectivity index (χ0) is 14.7. The molecule has 0 amide bonds. The normalized spacial score (nSPS) is 10.8. The van der Waals surface area contributed by atoms with Gasteiger partial charge >= 0.3 is 17.8 Å². The fraction of sp³-hybridized carbons (Fsp3) is 0.385. The van der Waals surface area contributed by atoms with Crippen molar-refractivity contribution in [1.82, 2.24) is 0 Å². The molecular weight excluding hydrogens is 276 g/mol. The second kappa shape index (κ2) is 10.1. The lowest BCUT2D eigenvalue weighted by Crippen LogP contribution is -2.49. The molecule has 1 rings (SSSR count). The summed E-state index contributed by atoms with van der Waals surface area (Å²) in [6.45, 7) is 5.46. The lowest BCUT2D eigenvalue weighted by molar-refractivity contribution is 0.265. The van der Waals surface area contributed by atoms with E-state index in [0.717, 1.165) is 11.6 Å². The number of rotatable bonds is 6. The third-order valence-corrected chi connectivity index (χ3v) is 6.50. The third kappa shape index (κ3) is 7.41. The van der Waals surface area contributed by atoms with E-state index in [1.54, 1.807) is 20.3 Å². The van der Waals surface area contributed by atoms with E-state index in [0.29, 0.717) is 6.04 Å². The molecule has 1 aromatic rings. The highest BCUT2D eigenvalue weighted by atomic mass is 28.4. The van der Waals surface area contributed by atoms with Crippen LogP contribution in [-0.4, -0.2) is 41.7 Å². The van der Waals surface area contributed by atoms with E-state index in [-0.39, 0.29) is 0 Å². The van der Waals surface area contributed by atoms with Crippen molar-refractivity contribution in [1.29, 1.82) is 0 Å². The van der Waals surface area contributed by atoms with Crippen molar-refractivity contribution >= 4 is 23.0 Å². The molecule has 6 heteroatoms. The monoisotopic (exact) mass is 300 g/mol.